The van der Waals surface area contributed by atoms with Crippen molar-refractivity contribution in [3.8, 4) is 5.75 Å². The molecule has 0 aromatic heterocycles. The van der Waals surface area contributed by atoms with E-state index in [2.05, 4.69) is 10.6 Å². The lowest BCUT2D eigenvalue weighted by Gasteiger charge is -2.16. The first-order chi connectivity index (χ1) is 13.0. The molecule has 138 valence electrons. The summed E-state index contributed by atoms with van der Waals surface area (Å²) in [5.74, 6) is 0.428. The largest absolute Gasteiger partial charge is 0.481 e. The van der Waals surface area contributed by atoms with Gasteiger partial charge in [-0.2, -0.15) is 0 Å². The fraction of sp³-hybridized carbons (Fsp3) is 0.136. The summed E-state index contributed by atoms with van der Waals surface area (Å²) in [6.45, 7) is 3.61. The summed E-state index contributed by atoms with van der Waals surface area (Å²) < 4.78 is 5.75. The molecule has 1 amide bonds. The summed E-state index contributed by atoms with van der Waals surface area (Å²) in [6, 6.07) is 22.8. The second-order valence-electron chi connectivity index (χ2n) is 6.23. The molecular formula is C22H21ClN2O2. The minimum atomic E-state index is -0.632. The molecule has 3 aromatic rings. The lowest BCUT2D eigenvalue weighted by atomic mass is 10.2. The van der Waals surface area contributed by atoms with E-state index in [-0.39, 0.29) is 5.91 Å². The van der Waals surface area contributed by atoms with Crippen LogP contribution >= 0.6 is 11.6 Å². The molecule has 3 rings (SSSR count). The van der Waals surface area contributed by atoms with Crippen molar-refractivity contribution >= 4 is 34.6 Å². The average Bonchev–Trinajstić information content (AvgIpc) is 2.66. The van der Waals surface area contributed by atoms with Gasteiger partial charge in [0.25, 0.3) is 5.91 Å². The van der Waals surface area contributed by atoms with E-state index in [1.54, 1.807) is 25.1 Å². The number of carbonyl (C=O) groups is 1. The molecule has 3 aromatic carbocycles. The van der Waals surface area contributed by atoms with Gasteiger partial charge in [0.05, 0.1) is 0 Å². The number of para-hydroxylation sites is 1. The Morgan fingerprint density at radius 2 is 1.56 bits per heavy atom. The normalized spacial score (nSPS) is 11.5. The number of rotatable bonds is 6. The van der Waals surface area contributed by atoms with Gasteiger partial charge in [0.2, 0.25) is 0 Å². The summed E-state index contributed by atoms with van der Waals surface area (Å²) in [7, 11) is 0. The van der Waals surface area contributed by atoms with Crippen LogP contribution in [-0.4, -0.2) is 12.0 Å². The predicted octanol–water partition coefficient (Wildman–Crippen LogP) is 5.80. The van der Waals surface area contributed by atoms with Crippen LogP contribution in [0.25, 0.3) is 0 Å². The molecule has 0 heterocycles. The van der Waals surface area contributed by atoms with E-state index in [0.717, 1.165) is 16.9 Å². The van der Waals surface area contributed by atoms with Gasteiger partial charge < -0.3 is 15.4 Å². The molecule has 27 heavy (non-hydrogen) atoms. The predicted molar refractivity (Wildman–Crippen MR) is 111 cm³/mol. The van der Waals surface area contributed by atoms with E-state index in [4.69, 9.17) is 16.3 Å². The quantitative estimate of drug-likeness (QED) is 0.568. The van der Waals surface area contributed by atoms with E-state index >= 15 is 0 Å². The van der Waals surface area contributed by atoms with Crippen LogP contribution in [0, 0.1) is 6.92 Å². The van der Waals surface area contributed by atoms with E-state index < -0.39 is 6.10 Å². The minimum absolute atomic E-state index is 0.215. The van der Waals surface area contributed by atoms with Crippen molar-refractivity contribution in [2.45, 2.75) is 20.0 Å². The minimum Gasteiger partial charge on any atom is -0.481 e. The second kappa shape index (κ2) is 8.60. The summed E-state index contributed by atoms with van der Waals surface area (Å²) >= 11 is 5.95. The van der Waals surface area contributed by atoms with Crippen LogP contribution in [0.5, 0.6) is 5.75 Å². The van der Waals surface area contributed by atoms with Crippen LogP contribution in [0.2, 0.25) is 5.02 Å². The highest BCUT2D eigenvalue weighted by Crippen LogP contribution is 2.23. The monoisotopic (exact) mass is 380 g/mol. The Bertz CT molecular complexity index is 911. The van der Waals surface area contributed by atoms with Crippen molar-refractivity contribution in [1.82, 2.24) is 0 Å². The highest BCUT2D eigenvalue weighted by molar-refractivity contribution is 6.30. The third kappa shape index (κ3) is 5.25. The molecule has 2 N–H and O–H groups in total. The molecule has 0 saturated carbocycles. The maximum Gasteiger partial charge on any atom is 0.265 e. The highest BCUT2D eigenvalue weighted by Gasteiger charge is 2.16. The maximum atomic E-state index is 12.4. The number of ether oxygens (including phenoxy) is 1. The first kappa shape index (κ1) is 18.8. The number of halogens is 1. The van der Waals surface area contributed by atoms with Crippen molar-refractivity contribution in [3.05, 3.63) is 83.4 Å². The Kier molecular flexibility index (Phi) is 5.99. The Morgan fingerprint density at radius 3 is 2.22 bits per heavy atom. The number of hydrogen-bond donors (Lipinski definition) is 2. The number of carbonyl (C=O) groups excluding carboxylic acids is 1. The standard InChI is InChI=1S/C22H21ClN2O2/c1-15-14-17(23)8-13-21(15)27-16(2)22(26)25-20-11-9-19(10-12-20)24-18-6-4-3-5-7-18/h3-14,16,24H,1-2H3,(H,25,26). The number of anilines is 3. The summed E-state index contributed by atoms with van der Waals surface area (Å²) in [5, 5.41) is 6.81. The number of amides is 1. The summed E-state index contributed by atoms with van der Waals surface area (Å²) in [6.07, 6.45) is -0.632. The van der Waals surface area contributed by atoms with Crippen LogP contribution in [0.3, 0.4) is 0 Å². The van der Waals surface area contributed by atoms with Crippen LogP contribution in [-0.2, 0) is 4.79 Å². The van der Waals surface area contributed by atoms with E-state index in [1.165, 1.54) is 0 Å². The molecule has 0 saturated heterocycles. The van der Waals surface area contributed by atoms with Crippen LogP contribution < -0.4 is 15.4 Å². The fourth-order valence-electron chi connectivity index (χ4n) is 2.56. The SMILES string of the molecule is Cc1cc(Cl)ccc1OC(C)C(=O)Nc1ccc(Nc2ccccc2)cc1. The van der Waals surface area contributed by atoms with Crippen LogP contribution in [0.4, 0.5) is 17.1 Å². The summed E-state index contributed by atoms with van der Waals surface area (Å²) in [5.41, 5.74) is 3.55. The Hall–Kier alpha value is -2.98. The molecule has 4 nitrogen and oxygen atoms in total. The number of nitrogens with one attached hydrogen (secondary N) is 2. The zero-order chi connectivity index (χ0) is 19.2. The average molecular weight is 381 g/mol. The molecule has 0 spiro atoms. The lowest BCUT2D eigenvalue weighted by Crippen LogP contribution is -2.30. The van der Waals surface area contributed by atoms with E-state index in [9.17, 15) is 4.79 Å². The molecule has 0 radical (unpaired) electrons. The van der Waals surface area contributed by atoms with Crippen molar-refractivity contribution < 1.29 is 9.53 Å². The zero-order valence-corrected chi connectivity index (χ0v) is 16.0. The number of aryl methyl sites for hydroxylation is 1. The van der Waals surface area contributed by atoms with Crippen molar-refractivity contribution in [3.63, 3.8) is 0 Å². The second-order valence-corrected chi connectivity index (χ2v) is 6.66. The molecule has 0 aliphatic rings. The third-order valence-electron chi connectivity index (χ3n) is 4.02. The number of benzene rings is 3. The van der Waals surface area contributed by atoms with Gasteiger partial charge in [0.15, 0.2) is 6.10 Å². The van der Waals surface area contributed by atoms with Crippen LogP contribution in [0.15, 0.2) is 72.8 Å². The van der Waals surface area contributed by atoms with Gasteiger partial charge in [0.1, 0.15) is 5.75 Å². The van der Waals surface area contributed by atoms with Crippen molar-refractivity contribution in [1.29, 1.82) is 0 Å². The van der Waals surface area contributed by atoms with E-state index in [1.807, 2.05) is 61.5 Å². The lowest BCUT2D eigenvalue weighted by molar-refractivity contribution is -0.122. The van der Waals surface area contributed by atoms with Gasteiger partial charge in [-0.15, -0.1) is 0 Å². The number of hydrogen-bond acceptors (Lipinski definition) is 3. The maximum absolute atomic E-state index is 12.4. The Balaban J connectivity index is 1.58. The van der Waals surface area contributed by atoms with Crippen molar-refractivity contribution in [2.75, 3.05) is 10.6 Å². The topological polar surface area (TPSA) is 50.4 Å². The Labute approximate surface area is 164 Å². The third-order valence-corrected chi connectivity index (χ3v) is 4.26. The Morgan fingerprint density at radius 1 is 0.926 bits per heavy atom. The van der Waals surface area contributed by atoms with Gasteiger partial charge >= 0.3 is 0 Å². The fourth-order valence-corrected chi connectivity index (χ4v) is 2.78. The highest BCUT2D eigenvalue weighted by atomic mass is 35.5. The van der Waals surface area contributed by atoms with Gasteiger partial charge in [0, 0.05) is 22.1 Å². The molecule has 1 unspecified atom stereocenters. The molecular weight excluding hydrogens is 360 g/mol. The van der Waals surface area contributed by atoms with Gasteiger partial charge in [-0.05, 0) is 74.0 Å². The molecule has 0 bridgehead atoms. The molecule has 1 atom stereocenters. The first-order valence-corrected chi connectivity index (χ1v) is 9.05. The molecule has 0 aliphatic carbocycles. The molecule has 5 heteroatoms. The van der Waals surface area contributed by atoms with Crippen molar-refractivity contribution in [2.24, 2.45) is 0 Å². The van der Waals surface area contributed by atoms with Gasteiger partial charge in [-0.1, -0.05) is 29.8 Å². The zero-order valence-electron chi connectivity index (χ0n) is 15.2. The van der Waals surface area contributed by atoms with Gasteiger partial charge in [-0.3, -0.25) is 4.79 Å². The smallest absolute Gasteiger partial charge is 0.265 e. The summed E-state index contributed by atoms with van der Waals surface area (Å²) in [4.78, 5) is 12.4. The van der Waals surface area contributed by atoms with Gasteiger partial charge in [-0.25, -0.2) is 0 Å². The first-order valence-electron chi connectivity index (χ1n) is 8.67. The molecule has 0 fully saturated rings. The molecule has 0 aliphatic heterocycles. The van der Waals surface area contributed by atoms with Crippen LogP contribution in [0.1, 0.15) is 12.5 Å². The van der Waals surface area contributed by atoms with E-state index in [0.29, 0.717) is 16.5 Å².